The molecule has 3 aromatic rings. The quantitative estimate of drug-likeness (QED) is 0.644. The van der Waals surface area contributed by atoms with E-state index < -0.39 is 11.4 Å². The molecular weight excluding hydrogens is 374 g/mol. The number of aromatic nitrogens is 2. The average molecular weight is 395 g/mol. The Morgan fingerprint density at radius 3 is 2.52 bits per heavy atom. The van der Waals surface area contributed by atoms with Gasteiger partial charge in [0.25, 0.3) is 0 Å². The molecule has 0 fully saturated rings. The molecule has 0 radical (unpaired) electrons. The van der Waals surface area contributed by atoms with E-state index in [1.54, 1.807) is 43.3 Å². The van der Waals surface area contributed by atoms with Crippen molar-refractivity contribution in [1.82, 2.24) is 9.55 Å². The number of rotatable bonds is 6. The fourth-order valence-corrected chi connectivity index (χ4v) is 2.89. The van der Waals surface area contributed by atoms with Crippen molar-refractivity contribution in [2.75, 3.05) is 19.0 Å². The van der Waals surface area contributed by atoms with Gasteiger partial charge in [0.05, 0.1) is 19.1 Å². The van der Waals surface area contributed by atoms with Crippen LogP contribution in [0.3, 0.4) is 0 Å². The Hall–Kier alpha value is -3.68. The number of methoxy groups -OCH3 is 1. The summed E-state index contributed by atoms with van der Waals surface area (Å²) >= 11 is 0. The third-order valence-corrected chi connectivity index (χ3v) is 4.23. The van der Waals surface area contributed by atoms with Gasteiger partial charge in [0.15, 0.2) is 0 Å². The van der Waals surface area contributed by atoms with E-state index in [0.717, 1.165) is 0 Å². The van der Waals surface area contributed by atoms with Crippen molar-refractivity contribution in [3.63, 3.8) is 0 Å². The Balaban J connectivity index is 1.92. The minimum Gasteiger partial charge on any atom is -0.494 e. The zero-order chi connectivity index (χ0) is 21.0. The Labute approximate surface area is 167 Å². The van der Waals surface area contributed by atoms with Gasteiger partial charge >= 0.3 is 5.97 Å². The molecule has 1 amide bonds. The van der Waals surface area contributed by atoms with E-state index in [4.69, 9.17) is 9.47 Å². The number of fused-ring (bicyclic) bond motifs is 1. The lowest BCUT2D eigenvalue weighted by Crippen LogP contribution is -2.25. The first-order valence-electron chi connectivity index (χ1n) is 9.04. The second-order valence-electron chi connectivity index (χ2n) is 6.32. The summed E-state index contributed by atoms with van der Waals surface area (Å²) in [5.41, 5.74) is 0.969. The fraction of sp³-hybridized carbons (Fsp3) is 0.238. The molecule has 0 spiro atoms. The monoisotopic (exact) mass is 395 g/mol. The van der Waals surface area contributed by atoms with E-state index >= 15 is 0 Å². The first-order chi connectivity index (χ1) is 13.9. The zero-order valence-corrected chi connectivity index (χ0v) is 16.4. The highest BCUT2D eigenvalue weighted by Crippen LogP contribution is 2.16. The molecule has 0 aliphatic rings. The summed E-state index contributed by atoms with van der Waals surface area (Å²) < 4.78 is 11.5. The van der Waals surface area contributed by atoms with E-state index in [-0.39, 0.29) is 23.4 Å². The van der Waals surface area contributed by atoms with Gasteiger partial charge in [0, 0.05) is 17.6 Å². The number of hydrogen-bond acceptors (Lipinski definition) is 6. The number of nitrogens with one attached hydrogen (secondary N) is 1. The van der Waals surface area contributed by atoms with E-state index in [2.05, 4.69) is 10.3 Å². The number of esters is 1. The van der Waals surface area contributed by atoms with Crippen LogP contribution in [0.4, 0.5) is 5.69 Å². The van der Waals surface area contributed by atoms with Crippen molar-refractivity contribution in [3.05, 3.63) is 64.1 Å². The number of amides is 1. The molecule has 0 aliphatic carbocycles. The predicted molar refractivity (Wildman–Crippen MR) is 108 cm³/mol. The summed E-state index contributed by atoms with van der Waals surface area (Å²) in [4.78, 5) is 41.5. The summed E-state index contributed by atoms with van der Waals surface area (Å²) in [6.45, 7) is 4.09. The second-order valence-corrected chi connectivity index (χ2v) is 6.32. The highest BCUT2D eigenvalue weighted by molar-refractivity contribution is 5.94. The van der Waals surface area contributed by atoms with Crippen LogP contribution in [-0.2, 0) is 16.1 Å². The smallest absolute Gasteiger partial charge is 0.343 e. The molecule has 0 bridgehead atoms. The highest BCUT2D eigenvalue weighted by atomic mass is 16.5. The number of ether oxygens (including phenoxy) is 2. The number of benzene rings is 1. The SMILES string of the molecule is CCOc1ccc(NC(=O)Cn2cc(C(=O)OC)c(=O)c3ccc(C)nc32)cc1. The summed E-state index contributed by atoms with van der Waals surface area (Å²) in [6.07, 6.45) is 1.31. The fourth-order valence-electron chi connectivity index (χ4n) is 2.89. The molecule has 2 heterocycles. The maximum Gasteiger partial charge on any atom is 0.343 e. The Morgan fingerprint density at radius 2 is 1.86 bits per heavy atom. The van der Waals surface area contributed by atoms with Gasteiger partial charge in [-0.2, -0.15) is 0 Å². The molecule has 0 saturated carbocycles. The molecule has 0 unspecified atom stereocenters. The van der Waals surface area contributed by atoms with Gasteiger partial charge in [-0.3, -0.25) is 9.59 Å². The van der Waals surface area contributed by atoms with Crippen LogP contribution in [0.25, 0.3) is 11.0 Å². The molecular formula is C21H21N3O5. The van der Waals surface area contributed by atoms with Crippen molar-refractivity contribution in [3.8, 4) is 5.75 Å². The van der Waals surface area contributed by atoms with Gasteiger partial charge < -0.3 is 19.4 Å². The average Bonchev–Trinajstić information content (AvgIpc) is 2.71. The molecule has 3 rings (SSSR count). The van der Waals surface area contributed by atoms with E-state index in [1.807, 2.05) is 6.92 Å². The third kappa shape index (κ3) is 4.43. The van der Waals surface area contributed by atoms with Crippen LogP contribution in [0.1, 0.15) is 23.0 Å². The molecule has 1 N–H and O–H groups in total. The summed E-state index contributed by atoms with van der Waals surface area (Å²) in [7, 11) is 1.20. The number of hydrogen-bond donors (Lipinski definition) is 1. The van der Waals surface area contributed by atoms with Crippen molar-refractivity contribution in [2.24, 2.45) is 0 Å². The first kappa shape index (κ1) is 20.1. The van der Waals surface area contributed by atoms with Crippen LogP contribution >= 0.6 is 0 Å². The zero-order valence-electron chi connectivity index (χ0n) is 16.4. The van der Waals surface area contributed by atoms with Crippen LogP contribution in [0.2, 0.25) is 0 Å². The Morgan fingerprint density at radius 1 is 1.14 bits per heavy atom. The summed E-state index contributed by atoms with van der Waals surface area (Å²) in [5, 5.41) is 3.02. The minimum atomic E-state index is -0.766. The Bertz CT molecular complexity index is 1120. The van der Waals surface area contributed by atoms with Gasteiger partial charge in [-0.15, -0.1) is 0 Å². The normalized spacial score (nSPS) is 10.6. The van der Waals surface area contributed by atoms with Crippen LogP contribution < -0.4 is 15.5 Å². The summed E-state index contributed by atoms with van der Waals surface area (Å²) in [5.74, 6) is -0.393. The molecule has 8 heteroatoms. The van der Waals surface area contributed by atoms with Crippen molar-refractivity contribution >= 4 is 28.6 Å². The second kappa shape index (κ2) is 8.55. The predicted octanol–water partition coefficient (Wildman–Crippen LogP) is 2.53. The van der Waals surface area contributed by atoms with Crippen molar-refractivity contribution in [1.29, 1.82) is 0 Å². The molecule has 8 nitrogen and oxygen atoms in total. The molecule has 0 saturated heterocycles. The number of pyridine rings is 2. The molecule has 2 aromatic heterocycles. The van der Waals surface area contributed by atoms with Crippen LogP contribution in [0.15, 0.2) is 47.4 Å². The van der Waals surface area contributed by atoms with Gasteiger partial charge in [0.2, 0.25) is 11.3 Å². The number of carbonyl (C=O) groups excluding carboxylic acids is 2. The molecule has 0 atom stereocenters. The molecule has 0 aliphatic heterocycles. The summed E-state index contributed by atoms with van der Waals surface area (Å²) in [6, 6.07) is 10.2. The van der Waals surface area contributed by atoms with Gasteiger partial charge in [0.1, 0.15) is 23.5 Å². The van der Waals surface area contributed by atoms with Gasteiger partial charge in [-0.05, 0) is 50.2 Å². The lowest BCUT2D eigenvalue weighted by Gasteiger charge is -2.13. The number of aryl methyl sites for hydroxylation is 1. The van der Waals surface area contributed by atoms with Gasteiger partial charge in [-0.1, -0.05) is 0 Å². The van der Waals surface area contributed by atoms with E-state index in [1.165, 1.54) is 17.9 Å². The van der Waals surface area contributed by atoms with Crippen molar-refractivity contribution < 1.29 is 19.1 Å². The van der Waals surface area contributed by atoms with Crippen molar-refractivity contribution in [2.45, 2.75) is 20.4 Å². The lowest BCUT2D eigenvalue weighted by molar-refractivity contribution is -0.116. The molecule has 1 aromatic carbocycles. The topological polar surface area (TPSA) is 99.5 Å². The highest BCUT2D eigenvalue weighted by Gasteiger charge is 2.18. The minimum absolute atomic E-state index is 0.134. The molecule has 150 valence electrons. The third-order valence-electron chi connectivity index (χ3n) is 4.23. The standard InChI is InChI=1S/C21H21N3O5/c1-4-29-15-8-6-14(7-9-15)23-18(25)12-24-11-17(21(27)28-3)19(26)16-10-5-13(2)22-20(16)24/h5-11H,4,12H2,1-3H3,(H,23,25). The molecule has 29 heavy (non-hydrogen) atoms. The number of carbonyl (C=O) groups is 2. The lowest BCUT2D eigenvalue weighted by atomic mass is 10.2. The van der Waals surface area contributed by atoms with E-state index in [0.29, 0.717) is 29.4 Å². The van der Waals surface area contributed by atoms with Crippen LogP contribution in [0, 0.1) is 6.92 Å². The van der Waals surface area contributed by atoms with Gasteiger partial charge in [-0.25, -0.2) is 9.78 Å². The first-order valence-corrected chi connectivity index (χ1v) is 9.04. The van der Waals surface area contributed by atoms with E-state index in [9.17, 15) is 14.4 Å². The largest absolute Gasteiger partial charge is 0.494 e. The number of nitrogens with zero attached hydrogens (tertiary/aromatic N) is 2. The maximum atomic E-state index is 12.6. The Kier molecular flexibility index (Phi) is 5.92. The number of anilines is 1. The maximum absolute atomic E-state index is 12.6. The van der Waals surface area contributed by atoms with Crippen LogP contribution in [0.5, 0.6) is 5.75 Å². The van der Waals surface area contributed by atoms with Crippen LogP contribution in [-0.4, -0.2) is 35.1 Å².